The van der Waals surface area contributed by atoms with E-state index >= 15 is 0 Å². The van der Waals surface area contributed by atoms with Gasteiger partial charge in [0.05, 0.1) is 39.3 Å². The largest absolute Gasteiger partial charge is 0.413 e. The van der Waals surface area contributed by atoms with Crippen LogP contribution in [-0.2, 0) is 5.54 Å². The number of fused-ring (bicyclic) bond motifs is 2. The van der Waals surface area contributed by atoms with Crippen molar-refractivity contribution in [2.45, 2.75) is 51.4 Å². The van der Waals surface area contributed by atoms with Gasteiger partial charge in [-0.25, -0.2) is 4.68 Å². The molecule has 4 heterocycles. The molecule has 0 aliphatic heterocycles. The molecule has 1 aliphatic carbocycles. The second-order valence-corrected chi connectivity index (χ2v) is 12.8. The molecule has 218 valence electrons. The van der Waals surface area contributed by atoms with E-state index in [0.717, 1.165) is 20.3 Å². The summed E-state index contributed by atoms with van der Waals surface area (Å²) in [6.07, 6.45) is 1.61. The first-order valence-corrected chi connectivity index (χ1v) is 14.4. The highest BCUT2D eigenvalue weighted by molar-refractivity contribution is 7.17. The van der Waals surface area contributed by atoms with Crippen LogP contribution in [0.4, 0.5) is 24.5 Å². The molecular weight excluding hydrogens is 575 g/mol. The van der Waals surface area contributed by atoms with Crippen molar-refractivity contribution in [3.8, 4) is 12.1 Å². The van der Waals surface area contributed by atoms with Gasteiger partial charge in [-0.1, -0.05) is 26.0 Å². The molecule has 1 atom stereocenters. The molecule has 0 amide bonds. The number of alkyl halides is 3. The highest BCUT2D eigenvalue weighted by Gasteiger charge is 2.66. The van der Waals surface area contributed by atoms with Crippen molar-refractivity contribution in [3.63, 3.8) is 0 Å². The van der Waals surface area contributed by atoms with Crippen molar-refractivity contribution >= 4 is 43.7 Å². The van der Waals surface area contributed by atoms with Crippen LogP contribution in [0.5, 0.6) is 0 Å². The molecule has 0 spiro atoms. The molecule has 6 rings (SSSR count). The molecule has 43 heavy (non-hydrogen) atoms. The van der Waals surface area contributed by atoms with Gasteiger partial charge in [-0.15, -0.1) is 16.4 Å². The second kappa shape index (κ2) is 10.2. The average molecular weight is 602 g/mol. The van der Waals surface area contributed by atoms with Gasteiger partial charge in [0.15, 0.2) is 5.54 Å². The molecular formula is C30H26F3N9S. The lowest BCUT2D eigenvalue weighted by molar-refractivity contribution is -0.182. The van der Waals surface area contributed by atoms with Crippen molar-refractivity contribution in [1.29, 1.82) is 10.5 Å². The standard InChI is InChI=1S/C30H26F3N9S/c1-28(2,3)16-38-26-18(11-35)12-37-25-17(10-34)8-19(9-21(25)26)39-27(22-15-43-24-13-36-7-4-20(22)24)23-14-42(41-40-23)29(5-6-29)30(31,32)33/h4,7-9,12-15,27,39H,5-6,16H2,1-3H3,(H,37,38)/t27-/m0/s1. The van der Waals surface area contributed by atoms with Crippen LogP contribution in [0.2, 0.25) is 0 Å². The fraction of sp³-hybridized carbons (Fsp3) is 0.333. The number of hydrogen-bond acceptors (Lipinski definition) is 9. The van der Waals surface area contributed by atoms with Crippen molar-refractivity contribution in [1.82, 2.24) is 25.0 Å². The molecule has 5 aromatic rings. The van der Waals surface area contributed by atoms with Gasteiger partial charge in [0.2, 0.25) is 0 Å². The Hall–Kier alpha value is -4.75. The molecule has 9 nitrogen and oxygen atoms in total. The number of hydrogen-bond donors (Lipinski definition) is 2. The summed E-state index contributed by atoms with van der Waals surface area (Å²) < 4.78 is 43.6. The van der Waals surface area contributed by atoms with E-state index < -0.39 is 17.8 Å². The van der Waals surface area contributed by atoms with Gasteiger partial charge < -0.3 is 10.6 Å². The zero-order chi connectivity index (χ0) is 30.6. The SMILES string of the molecule is CC(C)(C)CNc1c(C#N)cnc2c(C#N)cc(N[C@H](c3cn(C4(C(F)(F)F)CC4)nn3)c3csc4cnccc34)cc12. The molecule has 2 N–H and O–H groups in total. The first kappa shape index (κ1) is 28.4. The number of nitrogens with zero attached hydrogens (tertiary/aromatic N) is 7. The van der Waals surface area contributed by atoms with Gasteiger partial charge >= 0.3 is 6.18 Å². The van der Waals surface area contributed by atoms with Crippen LogP contribution in [0.1, 0.15) is 62.0 Å². The van der Waals surface area contributed by atoms with Crippen LogP contribution in [-0.4, -0.2) is 37.7 Å². The number of benzene rings is 1. The normalized spacial score (nSPS) is 15.2. The summed E-state index contributed by atoms with van der Waals surface area (Å²) in [7, 11) is 0. The molecule has 1 aromatic carbocycles. The Labute approximate surface area is 249 Å². The Balaban J connectivity index is 1.49. The minimum Gasteiger partial charge on any atom is -0.383 e. The van der Waals surface area contributed by atoms with Gasteiger partial charge in [-0.05, 0) is 47.4 Å². The van der Waals surface area contributed by atoms with Gasteiger partial charge in [0.25, 0.3) is 0 Å². The Morgan fingerprint density at radius 1 is 1.09 bits per heavy atom. The van der Waals surface area contributed by atoms with Gasteiger partial charge in [0, 0.05) is 41.6 Å². The molecule has 1 saturated carbocycles. The first-order valence-electron chi connectivity index (χ1n) is 13.5. The summed E-state index contributed by atoms with van der Waals surface area (Å²) in [5, 5.41) is 38.2. The summed E-state index contributed by atoms with van der Waals surface area (Å²) in [5.74, 6) is 0. The molecule has 1 aliphatic rings. The van der Waals surface area contributed by atoms with Crippen LogP contribution < -0.4 is 10.6 Å². The van der Waals surface area contributed by atoms with Crippen LogP contribution in [0.25, 0.3) is 21.0 Å². The molecule has 13 heteroatoms. The Bertz CT molecular complexity index is 1940. The lowest BCUT2D eigenvalue weighted by Crippen LogP contribution is -2.35. The maximum atomic E-state index is 13.9. The monoisotopic (exact) mass is 601 g/mol. The second-order valence-electron chi connectivity index (χ2n) is 11.9. The number of nitrogens with one attached hydrogen (secondary N) is 2. The summed E-state index contributed by atoms with van der Waals surface area (Å²) in [6, 6.07) is 8.94. The lowest BCUT2D eigenvalue weighted by Gasteiger charge is -2.22. The Morgan fingerprint density at radius 3 is 2.53 bits per heavy atom. The first-order chi connectivity index (χ1) is 20.4. The van der Waals surface area contributed by atoms with Crippen molar-refractivity contribution in [2.75, 3.05) is 17.2 Å². The quantitative estimate of drug-likeness (QED) is 0.206. The van der Waals surface area contributed by atoms with Crippen LogP contribution >= 0.6 is 11.3 Å². The number of pyridine rings is 2. The highest BCUT2D eigenvalue weighted by Crippen LogP contribution is 2.55. The van der Waals surface area contributed by atoms with E-state index in [9.17, 15) is 23.7 Å². The number of thiophene rings is 1. The topological polar surface area (TPSA) is 128 Å². The molecule has 0 radical (unpaired) electrons. The minimum absolute atomic E-state index is 0.0563. The van der Waals surface area contributed by atoms with Crippen molar-refractivity contribution < 1.29 is 13.2 Å². The summed E-state index contributed by atoms with van der Waals surface area (Å²) in [4.78, 5) is 8.60. The summed E-state index contributed by atoms with van der Waals surface area (Å²) in [6.45, 7) is 6.74. The third-order valence-corrected chi connectivity index (χ3v) is 8.49. The van der Waals surface area contributed by atoms with Crippen LogP contribution in [0, 0.1) is 28.1 Å². The van der Waals surface area contributed by atoms with Gasteiger partial charge in [0.1, 0.15) is 17.8 Å². The van der Waals surface area contributed by atoms with E-state index in [4.69, 9.17) is 0 Å². The van der Waals surface area contributed by atoms with E-state index in [2.05, 4.69) is 63.8 Å². The minimum atomic E-state index is -4.45. The average Bonchev–Trinajstić information content (AvgIpc) is 3.47. The molecule has 0 saturated heterocycles. The van der Waals surface area contributed by atoms with E-state index in [1.807, 2.05) is 11.4 Å². The summed E-state index contributed by atoms with van der Waals surface area (Å²) in [5.41, 5.74) is 1.02. The molecule has 0 bridgehead atoms. The third-order valence-electron chi connectivity index (χ3n) is 7.53. The molecule has 4 aromatic heterocycles. The van der Waals surface area contributed by atoms with Crippen LogP contribution in [0.3, 0.4) is 0 Å². The van der Waals surface area contributed by atoms with E-state index in [-0.39, 0.29) is 23.8 Å². The van der Waals surface area contributed by atoms with Gasteiger partial charge in [-0.3, -0.25) is 9.97 Å². The Morgan fingerprint density at radius 2 is 1.86 bits per heavy atom. The molecule has 0 unspecified atom stereocenters. The van der Waals surface area contributed by atoms with Gasteiger partial charge in [-0.2, -0.15) is 23.7 Å². The predicted octanol–water partition coefficient (Wildman–Crippen LogP) is 6.89. The maximum absolute atomic E-state index is 13.9. The van der Waals surface area contributed by atoms with Crippen molar-refractivity contribution in [3.05, 3.63) is 70.8 Å². The molecule has 1 fully saturated rings. The van der Waals surface area contributed by atoms with E-state index in [1.54, 1.807) is 24.5 Å². The van der Waals surface area contributed by atoms with E-state index in [1.165, 1.54) is 23.7 Å². The van der Waals surface area contributed by atoms with Crippen molar-refractivity contribution in [2.24, 2.45) is 5.41 Å². The summed E-state index contributed by atoms with van der Waals surface area (Å²) >= 11 is 1.46. The van der Waals surface area contributed by atoms with E-state index in [0.29, 0.717) is 40.1 Å². The zero-order valence-corrected chi connectivity index (χ0v) is 24.3. The number of aromatic nitrogens is 5. The fourth-order valence-corrected chi connectivity index (χ4v) is 6.03. The number of nitriles is 2. The number of halogens is 3. The Kier molecular flexibility index (Phi) is 6.74. The zero-order valence-electron chi connectivity index (χ0n) is 23.5. The lowest BCUT2D eigenvalue weighted by atomic mass is 9.96. The smallest absolute Gasteiger partial charge is 0.383 e. The highest BCUT2D eigenvalue weighted by atomic mass is 32.1. The van der Waals surface area contributed by atoms with Crippen LogP contribution in [0.15, 0.2) is 48.4 Å². The third kappa shape index (κ3) is 5.10. The maximum Gasteiger partial charge on any atom is 0.413 e. The predicted molar refractivity (Wildman–Crippen MR) is 157 cm³/mol. The fourth-order valence-electron chi connectivity index (χ4n) is 5.08. The number of anilines is 2. The number of rotatable bonds is 7.